The number of rotatable bonds is 6. The van der Waals surface area contributed by atoms with Crippen molar-refractivity contribution in [2.45, 2.75) is 24.3 Å². The normalized spacial score (nSPS) is 12.3. The lowest BCUT2D eigenvalue weighted by Gasteiger charge is -2.24. The van der Waals surface area contributed by atoms with E-state index >= 15 is 0 Å². The van der Waals surface area contributed by atoms with Crippen molar-refractivity contribution < 1.29 is 4.79 Å². The Bertz CT molecular complexity index is 912. The molecule has 0 radical (unpaired) electrons. The molecule has 2 aromatic heterocycles. The Morgan fingerprint density at radius 2 is 1.88 bits per heavy atom. The Morgan fingerprint density at radius 1 is 1.19 bits per heavy atom. The summed E-state index contributed by atoms with van der Waals surface area (Å²) < 4.78 is 1.72. The highest BCUT2D eigenvalue weighted by molar-refractivity contribution is 8.00. The van der Waals surface area contributed by atoms with Gasteiger partial charge in [0.2, 0.25) is 5.91 Å². The summed E-state index contributed by atoms with van der Waals surface area (Å²) in [5.74, 6) is 0.0380. The average molecular weight is 409 g/mol. The van der Waals surface area contributed by atoms with E-state index in [-0.39, 0.29) is 5.91 Å². The second kappa shape index (κ2) is 8.29. The second-order valence-corrected chi connectivity index (χ2v) is 7.52. The van der Waals surface area contributed by atoms with Crippen LogP contribution in [0.25, 0.3) is 5.65 Å². The number of pyridine rings is 1. The van der Waals surface area contributed by atoms with Gasteiger partial charge in [0.1, 0.15) is 5.25 Å². The smallest absolute Gasteiger partial charge is 0.240 e. The van der Waals surface area contributed by atoms with Crippen LogP contribution < -0.4 is 0 Å². The third-order valence-corrected chi connectivity index (χ3v) is 5.70. The maximum atomic E-state index is 13.1. The predicted octanol–water partition coefficient (Wildman–Crippen LogP) is 4.74. The fraction of sp³-hybridized carbons (Fsp3) is 0.278. The highest BCUT2D eigenvalue weighted by Gasteiger charge is 2.27. The zero-order chi connectivity index (χ0) is 18.7. The first kappa shape index (κ1) is 19.0. The average Bonchev–Trinajstić information content (AvgIpc) is 3.04. The van der Waals surface area contributed by atoms with Crippen molar-refractivity contribution in [3.05, 3.63) is 58.2 Å². The summed E-state index contributed by atoms with van der Waals surface area (Å²) in [6, 6.07) is 11.3. The number of benzene rings is 1. The number of likely N-dealkylation sites (N-methyl/N-ethyl adjacent to an activating group) is 1. The number of nitrogens with zero attached hydrogens (tertiary/aromatic N) is 4. The molecule has 0 N–H and O–H groups in total. The standard InChI is InChI=1S/C18H18Cl2N4OS/c1-3-23(4-2)17(25)15(12-8-6-5-7-9-12)26-18-22-21-16-14(20)10-13(19)11-24(16)18/h5-11,15H,3-4H2,1-2H3/t15-/m1/s1. The van der Waals surface area contributed by atoms with Crippen molar-refractivity contribution in [2.75, 3.05) is 13.1 Å². The molecule has 0 bridgehead atoms. The van der Waals surface area contributed by atoms with Crippen LogP contribution in [0.3, 0.4) is 0 Å². The van der Waals surface area contributed by atoms with Crippen LogP contribution in [0.1, 0.15) is 24.7 Å². The van der Waals surface area contributed by atoms with Gasteiger partial charge in [-0.15, -0.1) is 10.2 Å². The van der Waals surface area contributed by atoms with E-state index < -0.39 is 5.25 Å². The van der Waals surface area contributed by atoms with Gasteiger partial charge in [-0.2, -0.15) is 0 Å². The number of hydrogen-bond acceptors (Lipinski definition) is 4. The van der Waals surface area contributed by atoms with Gasteiger partial charge in [-0.25, -0.2) is 0 Å². The molecular weight excluding hydrogens is 391 g/mol. The van der Waals surface area contributed by atoms with E-state index in [0.717, 1.165) is 5.56 Å². The van der Waals surface area contributed by atoms with E-state index in [1.54, 1.807) is 16.7 Å². The van der Waals surface area contributed by atoms with Crippen LogP contribution in [0.2, 0.25) is 10.0 Å². The minimum Gasteiger partial charge on any atom is -0.342 e. The summed E-state index contributed by atoms with van der Waals surface area (Å²) in [4.78, 5) is 14.9. The highest BCUT2D eigenvalue weighted by atomic mass is 35.5. The Morgan fingerprint density at radius 3 is 2.54 bits per heavy atom. The molecule has 26 heavy (non-hydrogen) atoms. The molecule has 0 fully saturated rings. The zero-order valence-electron chi connectivity index (χ0n) is 14.4. The lowest BCUT2D eigenvalue weighted by Crippen LogP contribution is -2.33. The second-order valence-electron chi connectivity index (χ2n) is 5.60. The Labute approximate surface area is 166 Å². The van der Waals surface area contributed by atoms with Crippen LogP contribution in [0.4, 0.5) is 0 Å². The van der Waals surface area contributed by atoms with E-state index in [9.17, 15) is 4.79 Å². The summed E-state index contributed by atoms with van der Waals surface area (Å²) in [5, 5.41) is 9.39. The van der Waals surface area contributed by atoms with Crippen molar-refractivity contribution in [2.24, 2.45) is 0 Å². The minimum absolute atomic E-state index is 0.0380. The Hall–Kier alpha value is -1.76. The van der Waals surface area contributed by atoms with E-state index in [0.29, 0.717) is 33.9 Å². The zero-order valence-corrected chi connectivity index (χ0v) is 16.7. The number of amides is 1. The van der Waals surface area contributed by atoms with Gasteiger partial charge in [-0.1, -0.05) is 65.3 Å². The van der Waals surface area contributed by atoms with Gasteiger partial charge >= 0.3 is 0 Å². The van der Waals surface area contributed by atoms with E-state index in [1.807, 2.05) is 49.1 Å². The molecule has 5 nitrogen and oxygen atoms in total. The molecule has 136 valence electrons. The summed E-state index contributed by atoms with van der Waals surface area (Å²) in [6.07, 6.45) is 1.70. The third kappa shape index (κ3) is 3.82. The van der Waals surface area contributed by atoms with E-state index in [2.05, 4.69) is 10.2 Å². The molecule has 0 aliphatic carbocycles. The minimum atomic E-state index is -0.429. The molecule has 1 amide bonds. The highest BCUT2D eigenvalue weighted by Crippen LogP contribution is 2.37. The summed E-state index contributed by atoms with van der Waals surface area (Å²) in [6.45, 7) is 5.25. The molecule has 0 saturated carbocycles. The summed E-state index contributed by atoms with van der Waals surface area (Å²) in [7, 11) is 0. The number of thioether (sulfide) groups is 1. The fourth-order valence-electron chi connectivity index (χ4n) is 2.68. The fourth-order valence-corrected chi connectivity index (χ4v) is 4.28. The SMILES string of the molecule is CCN(CC)C(=O)[C@H](Sc1nnc2c(Cl)cc(Cl)cn12)c1ccccc1. The number of hydrogen-bond donors (Lipinski definition) is 0. The van der Waals surface area contributed by atoms with Gasteiger partial charge in [0.15, 0.2) is 10.8 Å². The monoisotopic (exact) mass is 408 g/mol. The third-order valence-electron chi connectivity index (χ3n) is 4.02. The lowest BCUT2D eigenvalue weighted by atomic mass is 10.1. The van der Waals surface area contributed by atoms with E-state index in [4.69, 9.17) is 23.2 Å². The first-order valence-electron chi connectivity index (χ1n) is 8.25. The maximum Gasteiger partial charge on any atom is 0.240 e. The van der Waals surface area contributed by atoms with Crippen molar-refractivity contribution in [1.29, 1.82) is 0 Å². The van der Waals surface area contributed by atoms with Gasteiger partial charge < -0.3 is 4.90 Å². The van der Waals surface area contributed by atoms with Crippen LogP contribution in [-0.2, 0) is 4.79 Å². The lowest BCUT2D eigenvalue weighted by molar-refractivity contribution is -0.130. The molecule has 0 spiro atoms. The topological polar surface area (TPSA) is 50.5 Å². The van der Waals surface area contributed by atoms with Crippen LogP contribution >= 0.6 is 35.0 Å². The molecule has 1 aromatic carbocycles. The maximum absolute atomic E-state index is 13.1. The van der Waals surface area contributed by atoms with Gasteiger partial charge in [0, 0.05) is 19.3 Å². The van der Waals surface area contributed by atoms with E-state index in [1.165, 1.54) is 11.8 Å². The van der Waals surface area contributed by atoms with Gasteiger partial charge in [-0.3, -0.25) is 9.20 Å². The Kier molecular flexibility index (Phi) is 6.06. The quantitative estimate of drug-likeness (QED) is 0.552. The number of fused-ring (bicyclic) bond motifs is 1. The number of halogens is 2. The summed E-state index contributed by atoms with van der Waals surface area (Å²) >= 11 is 13.7. The van der Waals surface area contributed by atoms with Gasteiger partial charge in [0.25, 0.3) is 0 Å². The van der Waals surface area contributed by atoms with Crippen LogP contribution in [-0.4, -0.2) is 38.5 Å². The predicted molar refractivity (Wildman–Crippen MR) is 106 cm³/mol. The van der Waals surface area contributed by atoms with Crippen molar-refractivity contribution >= 4 is 46.5 Å². The van der Waals surface area contributed by atoms with Gasteiger partial charge in [0.05, 0.1) is 10.0 Å². The molecule has 0 saturated heterocycles. The van der Waals surface area contributed by atoms with Crippen LogP contribution in [0.5, 0.6) is 0 Å². The molecule has 8 heteroatoms. The summed E-state index contributed by atoms with van der Waals surface area (Å²) in [5.41, 5.74) is 1.43. The number of aromatic nitrogens is 3. The molecule has 1 atom stereocenters. The number of carbonyl (C=O) groups excluding carboxylic acids is 1. The van der Waals surface area contributed by atoms with Gasteiger partial charge in [-0.05, 0) is 25.5 Å². The molecule has 3 rings (SSSR count). The number of carbonyl (C=O) groups is 1. The largest absolute Gasteiger partial charge is 0.342 e. The molecule has 3 aromatic rings. The van der Waals surface area contributed by atoms with Crippen molar-refractivity contribution in [3.63, 3.8) is 0 Å². The molecule has 0 unspecified atom stereocenters. The molecular formula is C18H18Cl2N4OS. The van der Waals surface area contributed by atoms with Crippen molar-refractivity contribution in [3.8, 4) is 0 Å². The van der Waals surface area contributed by atoms with Crippen molar-refractivity contribution in [1.82, 2.24) is 19.5 Å². The molecule has 0 aliphatic rings. The Balaban J connectivity index is 2.02. The first-order chi connectivity index (χ1) is 12.5. The van der Waals surface area contributed by atoms with Crippen LogP contribution in [0.15, 0.2) is 47.8 Å². The molecule has 2 heterocycles. The van der Waals surface area contributed by atoms with Crippen LogP contribution in [0, 0.1) is 0 Å². The molecule has 0 aliphatic heterocycles. The first-order valence-corrected chi connectivity index (χ1v) is 9.88.